The van der Waals surface area contributed by atoms with Crippen molar-refractivity contribution in [3.63, 3.8) is 0 Å². The van der Waals surface area contributed by atoms with E-state index in [0.717, 1.165) is 23.1 Å². The fourth-order valence-corrected chi connectivity index (χ4v) is 3.65. The molecule has 2 aromatic carbocycles. The minimum Gasteiger partial charge on any atom is -0.361 e. The Morgan fingerprint density at radius 3 is 2.72 bits per heavy atom. The van der Waals surface area contributed by atoms with Crippen molar-refractivity contribution in [2.75, 3.05) is 13.1 Å². The first kappa shape index (κ1) is 18.9. The molecular weight excluding hydrogens is 360 g/mol. The molecule has 0 atom stereocenters. The molecule has 0 unspecified atom stereocenters. The highest BCUT2D eigenvalue weighted by Crippen LogP contribution is 2.23. The van der Waals surface area contributed by atoms with Gasteiger partial charge in [0.05, 0.1) is 0 Å². The van der Waals surface area contributed by atoms with Gasteiger partial charge in [0, 0.05) is 48.1 Å². The number of fused-ring (bicyclic) bond motifs is 1. The number of nitrogens with one attached hydrogen (secondary N) is 1. The lowest BCUT2D eigenvalue weighted by molar-refractivity contribution is 0.0761. The number of carbonyl (C=O) groups excluding carboxylic acids is 1. The van der Waals surface area contributed by atoms with Gasteiger partial charge < -0.3 is 9.88 Å². The predicted molar refractivity (Wildman–Crippen MR) is 116 cm³/mol. The molecule has 0 saturated heterocycles. The number of amides is 1. The Morgan fingerprint density at radius 1 is 1.07 bits per heavy atom. The largest absolute Gasteiger partial charge is 0.361 e. The maximum absolute atomic E-state index is 13.3. The number of benzene rings is 2. The zero-order chi connectivity index (χ0) is 20.2. The van der Waals surface area contributed by atoms with E-state index < -0.39 is 0 Å². The van der Waals surface area contributed by atoms with E-state index in [9.17, 15) is 4.79 Å². The Balaban J connectivity index is 1.58. The Hall–Kier alpha value is -3.47. The van der Waals surface area contributed by atoms with Gasteiger partial charge in [0.25, 0.3) is 5.91 Å². The smallest absolute Gasteiger partial charge is 0.274 e. The molecule has 0 aliphatic carbocycles. The monoisotopic (exact) mass is 384 g/mol. The Labute approximate surface area is 170 Å². The summed E-state index contributed by atoms with van der Waals surface area (Å²) in [4.78, 5) is 27.3. The number of hydrogen-bond donors (Lipinski definition) is 1. The number of aryl methyl sites for hydroxylation is 1. The van der Waals surface area contributed by atoms with E-state index >= 15 is 0 Å². The summed E-state index contributed by atoms with van der Waals surface area (Å²) in [7, 11) is 0. The number of hydrogen-bond acceptors (Lipinski definition) is 3. The summed E-state index contributed by atoms with van der Waals surface area (Å²) in [5.41, 5.74) is 5.40. The molecule has 0 fully saturated rings. The van der Waals surface area contributed by atoms with Crippen LogP contribution in [0.25, 0.3) is 22.2 Å². The molecule has 146 valence electrons. The second-order valence-corrected chi connectivity index (χ2v) is 7.12. The molecule has 0 spiro atoms. The van der Waals surface area contributed by atoms with Gasteiger partial charge in [0.2, 0.25) is 0 Å². The molecule has 5 heteroatoms. The molecule has 0 aliphatic heterocycles. The van der Waals surface area contributed by atoms with Gasteiger partial charge >= 0.3 is 0 Å². The number of rotatable bonds is 6. The number of aromatic amines is 1. The number of para-hydroxylation sites is 1. The molecule has 0 saturated carbocycles. The highest BCUT2D eigenvalue weighted by atomic mass is 16.2. The van der Waals surface area contributed by atoms with Crippen LogP contribution in [0.3, 0.4) is 0 Å². The van der Waals surface area contributed by atoms with Crippen molar-refractivity contribution in [3.05, 3.63) is 83.9 Å². The SMILES string of the molecule is CCN(CCc1c[nH]c2ccccc12)C(=O)c1nccnc1-c1cccc(C)c1. The van der Waals surface area contributed by atoms with Crippen LogP contribution in [0.4, 0.5) is 0 Å². The van der Waals surface area contributed by atoms with E-state index in [0.29, 0.717) is 24.5 Å². The molecule has 0 aliphatic rings. The summed E-state index contributed by atoms with van der Waals surface area (Å²) in [6, 6.07) is 16.2. The van der Waals surface area contributed by atoms with Crippen LogP contribution in [0.15, 0.2) is 67.1 Å². The number of likely N-dealkylation sites (N-methyl/N-ethyl adjacent to an activating group) is 1. The zero-order valence-electron chi connectivity index (χ0n) is 16.7. The van der Waals surface area contributed by atoms with Crippen LogP contribution in [-0.4, -0.2) is 38.8 Å². The van der Waals surface area contributed by atoms with E-state index in [2.05, 4.69) is 27.1 Å². The van der Waals surface area contributed by atoms with Crippen LogP contribution in [0, 0.1) is 6.92 Å². The molecule has 4 aromatic rings. The Morgan fingerprint density at radius 2 is 1.90 bits per heavy atom. The second kappa shape index (κ2) is 8.27. The average Bonchev–Trinajstić information content (AvgIpc) is 3.17. The van der Waals surface area contributed by atoms with Crippen LogP contribution in [0.5, 0.6) is 0 Å². The number of aromatic nitrogens is 3. The summed E-state index contributed by atoms with van der Waals surface area (Å²) in [6.07, 6.45) is 6.03. The summed E-state index contributed by atoms with van der Waals surface area (Å²) in [5.74, 6) is -0.0862. The third-order valence-corrected chi connectivity index (χ3v) is 5.19. The van der Waals surface area contributed by atoms with E-state index in [1.165, 1.54) is 10.9 Å². The van der Waals surface area contributed by atoms with Gasteiger partial charge in [-0.2, -0.15) is 0 Å². The lowest BCUT2D eigenvalue weighted by atomic mass is 10.1. The second-order valence-electron chi connectivity index (χ2n) is 7.12. The molecular formula is C24H24N4O. The molecule has 2 heterocycles. The molecule has 0 bridgehead atoms. The molecule has 1 N–H and O–H groups in total. The van der Waals surface area contributed by atoms with Gasteiger partial charge in [0.15, 0.2) is 5.69 Å². The highest BCUT2D eigenvalue weighted by molar-refractivity contribution is 5.98. The summed E-state index contributed by atoms with van der Waals surface area (Å²) in [5, 5.41) is 1.20. The van der Waals surface area contributed by atoms with Crippen molar-refractivity contribution >= 4 is 16.8 Å². The first-order chi connectivity index (χ1) is 14.2. The minimum absolute atomic E-state index is 0.0862. The van der Waals surface area contributed by atoms with Crippen LogP contribution >= 0.6 is 0 Å². The number of nitrogens with zero attached hydrogens (tertiary/aromatic N) is 3. The lowest BCUT2D eigenvalue weighted by Crippen LogP contribution is -2.33. The first-order valence-corrected chi connectivity index (χ1v) is 9.89. The third-order valence-electron chi connectivity index (χ3n) is 5.19. The summed E-state index contributed by atoms with van der Waals surface area (Å²) in [6.45, 7) is 5.27. The van der Waals surface area contributed by atoms with E-state index in [-0.39, 0.29) is 5.91 Å². The first-order valence-electron chi connectivity index (χ1n) is 9.89. The van der Waals surface area contributed by atoms with Crippen LogP contribution in [-0.2, 0) is 6.42 Å². The fourth-order valence-electron chi connectivity index (χ4n) is 3.65. The van der Waals surface area contributed by atoms with E-state index in [1.54, 1.807) is 12.4 Å². The number of carbonyl (C=O) groups is 1. The normalized spacial score (nSPS) is 11.0. The highest BCUT2D eigenvalue weighted by Gasteiger charge is 2.21. The zero-order valence-corrected chi connectivity index (χ0v) is 16.7. The van der Waals surface area contributed by atoms with Gasteiger partial charge in [-0.05, 0) is 38.0 Å². The van der Waals surface area contributed by atoms with Crippen LogP contribution in [0.2, 0.25) is 0 Å². The topological polar surface area (TPSA) is 61.9 Å². The third kappa shape index (κ3) is 3.90. The summed E-state index contributed by atoms with van der Waals surface area (Å²) >= 11 is 0. The quantitative estimate of drug-likeness (QED) is 0.527. The molecule has 1 amide bonds. The van der Waals surface area contributed by atoms with Crippen LogP contribution < -0.4 is 0 Å². The van der Waals surface area contributed by atoms with Crippen molar-refractivity contribution in [1.29, 1.82) is 0 Å². The molecule has 5 nitrogen and oxygen atoms in total. The van der Waals surface area contributed by atoms with Gasteiger partial charge in [-0.15, -0.1) is 0 Å². The van der Waals surface area contributed by atoms with Crippen molar-refractivity contribution in [1.82, 2.24) is 19.9 Å². The lowest BCUT2D eigenvalue weighted by Gasteiger charge is -2.21. The molecule has 0 radical (unpaired) electrons. The standard InChI is InChI=1S/C24H24N4O/c1-3-28(14-11-19-16-27-21-10-5-4-9-20(19)21)24(29)23-22(25-12-13-26-23)18-8-6-7-17(2)15-18/h4-10,12-13,15-16,27H,3,11,14H2,1-2H3. The van der Waals surface area contributed by atoms with Gasteiger partial charge in [-0.1, -0.05) is 42.0 Å². The predicted octanol–water partition coefficient (Wildman–Crippen LogP) is 4.64. The van der Waals surface area contributed by atoms with Gasteiger partial charge in [0.1, 0.15) is 5.69 Å². The van der Waals surface area contributed by atoms with Gasteiger partial charge in [-0.3, -0.25) is 9.78 Å². The average molecular weight is 384 g/mol. The summed E-state index contributed by atoms with van der Waals surface area (Å²) < 4.78 is 0. The molecule has 4 rings (SSSR count). The van der Waals surface area contributed by atoms with Crippen molar-refractivity contribution in [2.45, 2.75) is 20.3 Å². The Kier molecular flexibility index (Phi) is 5.38. The molecule has 2 aromatic heterocycles. The fraction of sp³-hybridized carbons (Fsp3) is 0.208. The van der Waals surface area contributed by atoms with Crippen LogP contribution in [0.1, 0.15) is 28.5 Å². The molecule has 29 heavy (non-hydrogen) atoms. The van der Waals surface area contributed by atoms with Crippen molar-refractivity contribution < 1.29 is 4.79 Å². The van der Waals surface area contributed by atoms with Crippen molar-refractivity contribution in [3.8, 4) is 11.3 Å². The van der Waals surface area contributed by atoms with Gasteiger partial charge in [-0.25, -0.2) is 4.98 Å². The van der Waals surface area contributed by atoms with Crippen molar-refractivity contribution in [2.24, 2.45) is 0 Å². The van der Waals surface area contributed by atoms with E-state index in [4.69, 9.17) is 0 Å². The maximum atomic E-state index is 13.3. The van der Waals surface area contributed by atoms with E-state index in [1.807, 2.05) is 61.3 Å². The number of H-pyrrole nitrogens is 1. The Bertz CT molecular complexity index is 1150. The minimum atomic E-state index is -0.0862. The maximum Gasteiger partial charge on any atom is 0.274 e.